The van der Waals surface area contributed by atoms with Gasteiger partial charge in [-0.3, -0.25) is 24.6 Å². The number of benzene rings is 1. The number of nitrogens with zero attached hydrogens (tertiary/aromatic N) is 1. The summed E-state index contributed by atoms with van der Waals surface area (Å²) in [7, 11) is 0. The molecule has 1 atom stereocenters. The number of hydrogen-bond donors (Lipinski definition) is 2. The molecule has 31 heavy (non-hydrogen) atoms. The highest BCUT2D eigenvalue weighted by molar-refractivity contribution is 6.01. The fraction of sp³-hybridized carbons (Fsp3) is 0.609. The third-order valence-electron chi connectivity index (χ3n) is 6.30. The van der Waals surface area contributed by atoms with E-state index in [9.17, 15) is 18.8 Å². The molecule has 2 amide bonds. The van der Waals surface area contributed by atoms with Crippen LogP contribution in [0.1, 0.15) is 57.9 Å². The molecule has 1 aromatic rings. The van der Waals surface area contributed by atoms with Gasteiger partial charge in [0.05, 0.1) is 5.92 Å². The molecule has 3 aliphatic rings. The first-order chi connectivity index (χ1) is 14.6. The number of esters is 1. The van der Waals surface area contributed by atoms with Gasteiger partial charge in [0.1, 0.15) is 17.5 Å². The van der Waals surface area contributed by atoms with E-state index in [4.69, 9.17) is 4.74 Å². The fourth-order valence-electron chi connectivity index (χ4n) is 4.45. The Morgan fingerprint density at radius 2 is 1.94 bits per heavy atom. The maximum atomic E-state index is 14.7. The van der Waals surface area contributed by atoms with Gasteiger partial charge in [-0.25, -0.2) is 4.39 Å². The van der Waals surface area contributed by atoms with Gasteiger partial charge in [-0.15, -0.1) is 0 Å². The van der Waals surface area contributed by atoms with E-state index < -0.39 is 11.6 Å². The molecule has 2 N–H and O–H groups in total. The molecule has 2 aliphatic heterocycles. The smallest absolute Gasteiger partial charge is 0.309 e. The lowest BCUT2D eigenvalue weighted by Crippen LogP contribution is -2.56. The van der Waals surface area contributed by atoms with E-state index in [1.165, 1.54) is 6.07 Å². The standard InChI is InChI=1S/C23H30FN3O4/c1-23(2,3)31-22(30)13-8-16(9-13)27-11-14(12-27)17-5-4-15(10-18(17)24)25-19-6-7-20(28)26-21(19)29/h4-5,10,13-14,16,19,25H,6-9,11-12H2,1-3H3,(H,26,28,29)/t13-,16+,19?. The number of amides is 2. The highest BCUT2D eigenvalue weighted by Gasteiger charge is 2.44. The summed E-state index contributed by atoms with van der Waals surface area (Å²) < 4.78 is 20.2. The van der Waals surface area contributed by atoms with Gasteiger partial charge in [-0.2, -0.15) is 0 Å². The molecule has 3 fully saturated rings. The second-order valence-corrected chi connectivity index (χ2v) is 9.89. The molecule has 1 aliphatic carbocycles. The summed E-state index contributed by atoms with van der Waals surface area (Å²) in [6, 6.07) is 4.82. The van der Waals surface area contributed by atoms with Crippen molar-refractivity contribution >= 4 is 23.5 Å². The average Bonchev–Trinajstić information content (AvgIpc) is 2.57. The van der Waals surface area contributed by atoms with E-state index in [1.54, 1.807) is 12.1 Å². The van der Waals surface area contributed by atoms with Crippen LogP contribution in [0.4, 0.5) is 10.1 Å². The van der Waals surface area contributed by atoms with Gasteiger partial charge in [0, 0.05) is 37.2 Å². The Hall–Kier alpha value is -2.48. The maximum Gasteiger partial charge on any atom is 0.309 e. The first kappa shape index (κ1) is 21.7. The van der Waals surface area contributed by atoms with Crippen molar-refractivity contribution in [2.24, 2.45) is 5.92 Å². The zero-order valence-electron chi connectivity index (χ0n) is 18.2. The van der Waals surface area contributed by atoms with Gasteiger partial charge < -0.3 is 10.1 Å². The van der Waals surface area contributed by atoms with Crippen LogP contribution in [0.2, 0.25) is 0 Å². The molecule has 0 aromatic heterocycles. The van der Waals surface area contributed by atoms with Crippen molar-refractivity contribution in [2.75, 3.05) is 18.4 Å². The van der Waals surface area contributed by atoms with Gasteiger partial charge in [-0.05, 0) is 57.7 Å². The summed E-state index contributed by atoms with van der Waals surface area (Å²) in [4.78, 5) is 37.5. The predicted molar refractivity (Wildman–Crippen MR) is 113 cm³/mol. The molecule has 0 bridgehead atoms. The van der Waals surface area contributed by atoms with Crippen LogP contribution in [0.5, 0.6) is 0 Å². The van der Waals surface area contributed by atoms with Crippen LogP contribution in [0.15, 0.2) is 18.2 Å². The van der Waals surface area contributed by atoms with Crippen molar-refractivity contribution in [1.29, 1.82) is 0 Å². The first-order valence-corrected chi connectivity index (χ1v) is 11.0. The molecule has 4 rings (SSSR count). The largest absolute Gasteiger partial charge is 0.460 e. The summed E-state index contributed by atoms with van der Waals surface area (Å²) in [6.45, 7) is 7.19. The second-order valence-electron chi connectivity index (χ2n) is 9.89. The Balaban J connectivity index is 1.25. The normalized spacial score (nSPS) is 27.2. The Kier molecular flexibility index (Phi) is 5.77. The van der Waals surface area contributed by atoms with Crippen LogP contribution < -0.4 is 10.6 Å². The quantitative estimate of drug-likeness (QED) is 0.550. The Morgan fingerprint density at radius 1 is 1.23 bits per heavy atom. The summed E-state index contributed by atoms with van der Waals surface area (Å²) in [5.41, 5.74) is 0.750. The van der Waals surface area contributed by atoms with E-state index in [1.807, 2.05) is 20.8 Å². The van der Waals surface area contributed by atoms with Gasteiger partial charge >= 0.3 is 5.97 Å². The van der Waals surface area contributed by atoms with E-state index in [0.29, 0.717) is 23.7 Å². The summed E-state index contributed by atoms with van der Waals surface area (Å²) in [5, 5.41) is 5.30. The minimum Gasteiger partial charge on any atom is -0.460 e. The molecule has 0 spiro atoms. The third kappa shape index (κ3) is 4.89. The van der Waals surface area contributed by atoms with Crippen molar-refractivity contribution in [3.8, 4) is 0 Å². The number of rotatable bonds is 5. The number of piperidine rings is 1. The zero-order valence-corrected chi connectivity index (χ0v) is 18.2. The molecule has 8 heteroatoms. The number of ether oxygens (including phenoxy) is 1. The minimum atomic E-state index is -0.529. The summed E-state index contributed by atoms with van der Waals surface area (Å²) in [6.07, 6.45) is 2.28. The van der Waals surface area contributed by atoms with Crippen molar-refractivity contribution in [1.82, 2.24) is 10.2 Å². The van der Waals surface area contributed by atoms with Crippen molar-refractivity contribution < 1.29 is 23.5 Å². The number of carbonyl (C=O) groups is 3. The number of hydrogen-bond acceptors (Lipinski definition) is 6. The molecule has 0 radical (unpaired) electrons. The van der Waals surface area contributed by atoms with Gasteiger partial charge in [0.15, 0.2) is 0 Å². The zero-order chi connectivity index (χ0) is 22.3. The predicted octanol–water partition coefficient (Wildman–Crippen LogP) is 2.56. The molecule has 7 nitrogen and oxygen atoms in total. The first-order valence-electron chi connectivity index (χ1n) is 11.0. The molecule has 168 valence electrons. The van der Waals surface area contributed by atoms with Gasteiger partial charge in [0.25, 0.3) is 0 Å². The van der Waals surface area contributed by atoms with E-state index in [0.717, 1.165) is 25.9 Å². The van der Waals surface area contributed by atoms with Crippen LogP contribution in [-0.2, 0) is 19.1 Å². The lowest BCUT2D eigenvalue weighted by molar-refractivity contribution is -0.166. The van der Waals surface area contributed by atoms with Crippen LogP contribution >= 0.6 is 0 Å². The van der Waals surface area contributed by atoms with E-state index in [2.05, 4.69) is 15.5 Å². The highest BCUT2D eigenvalue weighted by atomic mass is 19.1. The summed E-state index contributed by atoms with van der Waals surface area (Å²) >= 11 is 0. The van der Waals surface area contributed by atoms with E-state index in [-0.39, 0.29) is 41.9 Å². The molecule has 1 unspecified atom stereocenters. The average molecular weight is 432 g/mol. The Bertz CT molecular complexity index is 885. The third-order valence-corrected chi connectivity index (χ3v) is 6.30. The summed E-state index contributed by atoms with van der Waals surface area (Å²) in [5.74, 6) is -0.959. The molecular formula is C23H30FN3O4. The van der Waals surface area contributed by atoms with Crippen molar-refractivity contribution in [3.05, 3.63) is 29.6 Å². The molecule has 1 saturated carbocycles. The number of likely N-dealkylation sites (tertiary alicyclic amines) is 1. The van der Waals surface area contributed by atoms with Crippen molar-refractivity contribution in [2.45, 2.75) is 70.1 Å². The number of nitrogens with one attached hydrogen (secondary N) is 2. The number of anilines is 1. The Labute approximate surface area is 181 Å². The number of halogens is 1. The van der Waals surface area contributed by atoms with Gasteiger partial charge in [-0.1, -0.05) is 6.07 Å². The lowest BCUT2D eigenvalue weighted by atomic mass is 9.76. The Morgan fingerprint density at radius 3 is 2.55 bits per heavy atom. The van der Waals surface area contributed by atoms with Crippen molar-refractivity contribution in [3.63, 3.8) is 0 Å². The second kappa shape index (κ2) is 8.22. The minimum absolute atomic E-state index is 0.0300. The molecule has 1 aromatic carbocycles. The van der Waals surface area contributed by atoms with Crippen LogP contribution in [0.3, 0.4) is 0 Å². The molecular weight excluding hydrogens is 401 g/mol. The lowest BCUT2D eigenvalue weighted by Gasteiger charge is -2.50. The van der Waals surface area contributed by atoms with E-state index >= 15 is 0 Å². The van der Waals surface area contributed by atoms with Gasteiger partial charge in [0.2, 0.25) is 11.8 Å². The number of imide groups is 1. The van der Waals surface area contributed by atoms with Crippen LogP contribution in [0, 0.1) is 11.7 Å². The topological polar surface area (TPSA) is 87.7 Å². The molecule has 2 saturated heterocycles. The maximum absolute atomic E-state index is 14.7. The highest BCUT2D eigenvalue weighted by Crippen LogP contribution is 2.40. The molecule has 2 heterocycles. The number of carbonyl (C=O) groups excluding carboxylic acids is 3. The van der Waals surface area contributed by atoms with Crippen LogP contribution in [0.25, 0.3) is 0 Å². The monoisotopic (exact) mass is 431 g/mol. The van der Waals surface area contributed by atoms with Crippen LogP contribution in [-0.4, -0.2) is 53.5 Å². The fourth-order valence-corrected chi connectivity index (χ4v) is 4.45. The SMILES string of the molecule is CC(C)(C)OC(=O)[C@H]1C[C@@H](N2CC(c3ccc(NC4CCC(=O)NC4=O)cc3F)C2)C1.